The van der Waals surface area contributed by atoms with Crippen molar-refractivity contribution < 1.29 is 0 Å². The summed E-state index contributed by atoms with van der Waals surface area (Å²) in [4.78, 5) is 0. The Morgan fingerprint density at radius 1 is 0.867 bits per heavy atom. The summed E-state index contributed by atoms with van der Waals surface area (Å²) >= 11 is 0. The van der Waals surface area contributed by atoms with Crippen LogP contribution in [0.4, 0.5) is 0 Å². The molecule has 0 aromatic rings. The Kier molecular flexibility index (Phi) is 2.52. The van der Waals surface area contributed by atoms with Gasteiger partial charge in [-0.1, -0.05) is 77.8 Å². The van der Waals surface area contributed by atoms with Gasteiger partial charge in [-0.15, -0.1) is 0 Å². The molecule has 1 saturated heterocycles. The molecule has 2 rings (SSSR count). The molecule has 15 heavy (non-hydrogen) atoms. The predicted molar refractivity (Wildman–Crippen MR) is 69.8 cm³/mol. The largest absolute Gasteiger partial charge is 0.152 e. The molecule has 2 atom stereocenters. The maximum atomic E-state index is 2.51. The minimum atomic E-state index is 0.619. The van der Waals surface area contributed by atoms with Crippen LogP contribution in [0.5, 0.6) is 0 Å². The second kappa shape index (κ2) is 3.28. The summed E-state index contributed by atoms with van der Waals surface area (Å²) in [5, 5.41) is 0.662. The minimum Gasteiger partial charge on any atom is -0.0662 e. The van der Waals surface area contributed by atoms with Crippen LogP contribution in [0.2, 0.25) is 16.9 Å². The molecule has 2 unspecified atom stereocenters. The van der Waals surface area contributed by atoms with Gasteiger partial charge in [0.05, 0.1) is 0 Å². The van der Waals surface area contributed by atoms with E-state index >= 15 is 0 Å². The van der Waals surface area contributed by atoms with Gasteiger partial charge in [-0.3, -0.25) is 0 Å². The highest BCUT2D eigenvalue weighted by Crippen LogP contribution is 2.88. The van der Waals surface area contributed by atoms with Gasteiger partial charge in [0.1, 0.15) is 0 Å². The molecular formula is C14H27B. The van der Waals surface area contributed by atoms with Crippen LogP contribution in [0.3, 0.4) is 0 Å². The molecular weight excluding hydrogens is 179 g/mol. The average molecular weight is 206 g/mol. The number of hydrogen-bond donors (Lipinski definition) is 0. The molecule has 0 aromatic carbocycles. The first-order valence-electron chi connectivity index (χ1n) is 6.93. The first-order valence-corrected chi connectivity index (χ1v) is 6.93. The topological polar surface area (TPSA) is 0 Å². The SMILES string of the molecule is CCC(C)(CC)B1C2C1C2C(C)(C)CC. The van der Waals surface area contributed by atoms with Gasteiger partial charge in [0, 0.05) is 0 Å². The van der Waals surface area contributed by atoms with Gasteiger partial charge >= 0.3 is 0 Å². The second-order valence-corrected chi connectivity index (χ2v) is 6.91. The van der Waals surface area contributed by atoms with Crippen LogP contribution in [0.1, 0.15) is 60.8 Å². The Labute approximate surface area is 96.3 Å². The van der Waals surface area contributed by atoms with E-state index in [1.807, 2.05) is 0 Å². The van der Waals surface area contributed by atoms with E-state index in [0.29, 0.717) is 10.7 Å². The standard InChI is InChI=1S/C14H27B/c1-7-13(4,5)10-11-12(10)15(11)14(6,8-2)9-3/h10-12H,7-9H2,1-6H3. The molecule has 0 aromatic heterocycles. The molecule has 2 fully saturated rings. The van der Waals surface area contributed by atoms with E-state index in [0.717, 1.165) is 24.3 Å². The molecule has 0 bridgehead atoms. The number of hydrogen-bond acceptors (Lipinski definition) is 0. The van der Waals surface area contributed by atoms with Crippen molar-refractivity contribution in [1.29, 1.82) is 0 Å². The van der Waals surface area contributed by atoms with Crippen LogP contribution < -0.4 is 0 Å². The lowest BCUT2D eigenvalue weighted by Crippen LogP contribution is -2.30. The number of rotatable bonds is 5. The third kappa shape index (κ3) is 1.49. The molecule has 0 N–H and O–H groups in total. The van der Waals surface area contributed by atoms with Gasteiger partial charge in [-0.2, -0.15) is 0 Å². The van der Waals surface area contributed by atoms with Gasteiger partial charge in [-0.05, 0) is 11.3 Å². The summed E-state index contributed by atoms with van der Waals surface area (Å²) in [6.07, 6.45) is 4.10. The molecule has 1 saturated carbocycles. The van der Waals surface area contributed by atoms with E-state index in [9.17, 15) is 0 Å². The second-order valence-electron chi connectivity index (χ2n) is 6.91. The summed E-state index contributed by atoms with van der Waals surface area (Å²) in [6.45, 7) is 15.6. The van der Waals surface area contributed by atoms with E-state index < -0.39 is 0 Å². The maximum Gasteiger partial charge on any atom is 0.152 e. The van der Waals surface area contributed by atoms with Crippen molar-refractivity contribution in [3.63, 3.8) is 0 Å². The Bertz CT molecular complexity index is 242. The molecule has 1 heterocycles. The van der Waals surface area contributed by atoms with Gasteiger partial charge < -0.3 is 0 Å². The van der Waals surface area contributed by atoms with Crippen molar-refractivity contribution in [3.05, 3.63) is 0 Å². The van der Waals surface area contributed by atoms with Crippen LogP contribution in [0.25, 0.3) is 0 Å². The Morgan fingerprint density at radius 3 is 1.67 bits per heavy atom. The van der Waals surface area contributed by atoms with E-state index in [4.69, 9.17) is 0 Å². The zero-order valence-corrected chi connectivity index (χ0v) is 11.4. The highest BCUT2D eigenvalue weighted by Gasteiger charge is 2.80. The van der Waals surface area contributed by atoms with Gasteiger partial charge in [-0.25, -0.2) is 0 Å². The molecule has 2 aliphatic rings. The van der Waals surface area contributed by atoms with Crippen LogP contribution in [0.15, 0.2) is 0 Å². The summed E-state index contributed by atoms with van der Waals surface area (Å²) < 4.78 is 0. The summed E-state index contributed by atoms with van der Waals surface area (Å²) in [6, 6.07) is 0. The van der Waals surface area contributed by atoms with Crippen molar-refractivity contribution in [2.24, 2.45) is 11.3 Å². The Morgan fingerprint density at radius 2 is 1.33 bits per heavy atom. The monoisotopic (exact) mass is 206 g/mol. The molecule has 86 valence electrons. The molecule has 1 aliphatic heterocycles. The Hall–Kier alpha value is 0.0649. The summed E-state index contributed by atoms with van der Waals surface area (Å²) in [5.41, 5.74) is 0.619. The molecule has 1 aliphatic carbocycles. The van der Waals surface area contributed by atoms with E-state index in [2.05, 4.69) is 41.5 Å². The third-order valence-electron chi connectivity index (χ3n) is 6.06. The molecule has 0 amide bonds. The highest BCUT2D eigenvalue weighted by molar-refractivity contribution is 6.81. The quantitative estimate of drug-likeness (QED) is 0.562. The van der Waals surface area contributed by atoms with E-state index in [1.54, 1.807) is 0 Å². The highest BCUT2D eigenvalue weighted by atomic mass is 14.7. The number of fused-ring (bicyclic) bond motifs is 1. The Balaban J connectivity index is 1.93. The van der Waals surface area contributed by atoms with Gasteiger partial charge in [0.15, 0.2) is 6.71 Å². The minimum absolute atomic E-state index is 0.619. The fourth-order valence-electron chi connectivity index (χ4n) is 3.95. The zero-order chi connectivity index (χ0) is 11.4. The van der Waals surface area contributed by atoms with Crippen LogP contribution in [-0.4, -0.2) is 6.71 Å². The summed E-state index contributed by atoms with van der Waals surface area (Å²) in [7, 11) is 0. The van der Waals surface area contributed by atoms with Crippen molar-refractivity contribution in [1.82, 2.24) is 0 Å². The lowest BCUT2D eigenvalue weighted by Gasteiger charge is -2.35. The van der Waals surface area contributed by atoms with Gasteiger partial charge in [0.25, 0.3) is 0 Å². The van der Waals surface area contributed by atoms with E-state index in [1.165, 1.54) is 19.3 Å². The van der Waals surface area contributed by atoms with Crippen LogP contribution >= 0.6 is 0 Å². The molecule has 0 spiro atoms. The van der Waals surface area contributed by atoms with Gasteiger partial charge in [0.2, 0.25) is 0 Å². The normalized spacial score (nSPS) is 34.0. The van der Waals surface area contributed by atoms with Crippen molar-refractivity contribution >= 4 is 6.71 Å². The average Bonchev–Trinajstić information content (AvgIpc) is 3.06. The smallest absolute Gasteiger partial charge is 0.0662 e. The van der Waals surface area contributed by atoms with E-state index in [-0.39, 0.29) is 0 Å². The van der Waals surface area contributed by atoms with Crippen LogP contribution in [0, 0.1) is 11.3 Å². The maximum absolute atomic E-state index is 2.51. The lowest BCUT2D eigenvalue weighted by atomic mass is 9.35. The van der Waals surface area contributed by atoms with Crippen molar-refractivity contribution in [2.45, 2.75) is 77.8 Å². The first kappa shape index (κ1) is 11.5. The predicted octanol–water partition coefficient (Wildman–Crippen LogP) is 4.88. The lowest BCUT2D eigenvalue weighted by molar-refractivity contribution is 0.286. The van der Waals surface area contributed by atoms with Crippen molar-refractivity contribution in [2.75, 3.05) is 0 Å². The molecule has 0 nitrogen and oxygen atoms in total. The van der Waals surface area contributed by atoms with Crippen molar-refractivity contribution in [3.8, 4) is 0 Å². The first-order chi connectivity index (χ1) is 6.93. The molecule has 1 heteroatoms. The fraction of sp³-hybridized carbons (Fsp3) is 1.00. The van der Waals surface area contributed by atoms with Crippen LogP contribution in [-0.2, 0) is 0 Å². The zero-order valence-electron chi connectivity index (χ0n) is 11.4. The third-order valence-corrected chi connectivity index (χ3v) is 6.06. The summed E-state index contributed by atoms with van der Waals surface area (Å²) in [5.74, 6) is 3.31. The fourth-order valence-corrected chi connectivity index (χ4v) is 3.95. The molecule has 0 radical (unpaired) electrons.